The number of hydrogen-bond acceptors (Lipinski definition) is 3. The lowest BCUT2D eigenvalue weighted by Crippen LogP contribution is -2.27. The third-order valence-corrected chi connectivity index (χ3v) is 5.39. The van der Waals surface area contributed by atoms with E-state index in [4.69, 9.17) is 4.74 Å². The lowest BCUT2D eigenvalue weighted by atomic mass is 9.95. The highest BCUT2D eigenvalue weighted by Gasteiger charge is 2.18. The van der Waals surface area contributed by atoms with Crippen molar-refractivity contribution in [2.45, 2.75) is 59.0 Å². The Labute approximate surface area is 162 Å². The van der Waals surface area contributed by atoms with Gasteiger partial charge in [-0.25, -0.2) is 4.79 Å². The van der Waals surface area contributed by atoms with Crippen LogP contribution in [-0.4, -0.2) is 41.6 Å². The average Bonchev–Trinajstić information content (AvgIpc) is 3.00. The summed E-state index contributed by atoms with van der Waals surface area (Å²) >= 11 is 0. The standard InChI is InChI=1S/C21H30N2O2.ClH/c1-4-23(5-2)13-12-15(3)25-21(24)16-10-11-20-18(14-16)17-8-6-7-9-19(17)22-20;/h10-11,14-15,22H,4-9,12-13H2,1-3H3;1H. The van der Waals surface area contributed by atoms with Crippen LogP contribution in [0.2, 0.25) is 0 Å². The Balaban J connectivity index is 0.00000243. The van der Waals surface area contributed by atoms with E-state index < -0.39 is 0 Å². The summed E-state index contributed by atoms with van der Waals surface area (Å²) in [6.07, 6.45) is 5.51. The van der Waals surface area contributed by atoms with Gasteiger partial charge in [-0.05, 0) is 75.9 Å². The van der Waals surface area contributed by atoms with E-state index in [-0.39, 0.29) is 24.5 Å². The summed E-state index contributed by atoms with van der Waals surface area (Å²) < 4.78 is 5.67. The molecule has 1 aliphatic rings. The van der Waals surface area contributed by atoms with E-state index in [9.17, 15) is 4.79 Å². The summed E-state index contributed by atoms with van der Waals surface area (Å²) in [5.74, 6) is -0.209. The van der Waals surface area contributed by atoms with Crippen molar-refractivity contribution in [3.05, 3.63) is 35.0 Å². The second-order valence-electron chi connectivity index (χ2n) is 7.08. The van der Waals surface area contributed by atoms with Crippen LogP contribution in [0, 0.1) is 0 Å². The summed E-state index contributed by atoms with van der Waals surface area (Å²) in [7, 11) is 0. The van der Waals surface area contributed by atoms with Gasteiger partial charge in [0, 0.05) is 23.1 Å². The van der Waals surface area contributed by atoms with Gasteiger partial charge < -0.3 is 14.6 Å². The predicted molar refractivity (Wildman–Crippen MR) is 109 cm³/mol. The van der Waals surface area contributed by atoms with E-state index in [0.717, 1.165) is 44.4 Å². The zero-order valence-electron chi connectivity index (χ0n) is 16.1. The van der Waals surface area contributed by atoms with E-state index in [0.29, 0.717) is 5.56 Å². The van der Waals surface area contributed by atoms with Gasteiger partial charge in [-0.1, -0.05) is 13.8 Å². The molecule has 0 saturated carbocycles. The minimum atomic E-state index is -0.209. The number of carbonyl (C=O) groups excluding carboxylic acids is 1. The second-order valence-corrected chi connectivity index (χ2v) is 7.08. The van der Waals surface area contributed by atoms with Crippen molar-refractivity contribution in [3.63, 3.8) is 0 Å². The maximum atomic E-state index is 12.5. The number of H-pyrrole nitrogens is 1. The number of aromatic amines is 1. The van der Waals surface area contributed by atoms with Crippen LogP contribution < -0.4 is 0 Å². The maximum Gasteiger partial charge on any atom is 0.338 e. The Kier molecular flexibility index (Phi) is 7.54. The molecule has 4 nitrogen and oxygen atoms in total. The monoisotopic (exact) mass is 378 g/mol. The van der Waals surface area contributed by atoms with Gasteiger partial charge in [0.25, 0.3) is 0 Å². The van der Waals surface area contributed by atoms with Crippen LogP contribution in [0.5, 0.6) is 0 Å². The number of nitrogens with zero attached hydrogens (tertiary/aromatic N) is 1. The normalized spacial score (nSPS) is 14.8. The number of rotatable bonds is 7. The van der Waals surface area contributed by atoms with E-state index in [1.165, 1.54) is 29.5 Å². The molecule has 1 heterocycles. The first-order valence-corrected chi connectivity index (χ1v) is 9.69. The predicted octanol–water partition coefficient (Wildman–Crippen LogP) is 4.75. The van der Waals surface area contributed by atoms with Crippen LogP contribution in [0.1, 0.15) is 61.6 Å². The molecule has 0 aliphatic heterocycles. The summed E-state index contributed by atoms with van der Waals surface area (Å²) in [5, 5.41) is 1.19. The summed E-state index contributed by atoms with van der Waals surface area (Å²) in [6, 6.07) is 5.91. The highest BCUT2D eigenvalue weighted by Crippen LogP contribution is 2.29. The summed E-state index contributed by atoms with van der Waals surface area (Å²) in [4.78, 5) is 18.4. The fourth-order valence-electron chi connectivity index (χ4n) is 3.75. The Bertz CT molecular complexity index is 737. The van der Waals surface area contributed by atoms with Crippen LogP contribution in [0.15, 0.2) is 18.2 Å². The SMILES string of the molecule is CCN(CC)CCC(C)OC(=O)c1ccc2[nH]c3c(c2c1)CCCC3.Cl. The highest BCUT2D eigenvalue weighted by atomic mass is 35.5. The first-order valence-electron chi connectivity index (χ1n) is 9.69. The topological polar surface area (TPSA) is 45.3 Å². The number of halogens is 1. The molecule has 0 amide bonds. The quantitative estimate of drug-likeness (QED) is 0.707. The molecule has 1 aromatic heterocycles. The number of hydrogen-bond donors (Lipinski definition) is 1. The molecule has 144 valence electrons. The molecule has 1 atom stereocenters. The largest absolute Gasteiger partial charge is 0.459 e. The molecule has 2 aromatic rings. The lowest BCUT2D eigenvalue weighted by molar-refractivity contribution is 0.0304. The zero-order valence-corrected chi connectivity index (χ0v) is 17.0. The van der Waals surface area contributed by atoms with Gasteiger partial charge in [0.1, 0.15) is 6.10 Å². The fourth-order valence-corrected chi connectivity index (χ4v) is 3.75. The zero-order chi connectivity index (χ0) is 17.8. The molecule has 1 N–H and O–H groups in total. The van der Waals surface area contributed by atoms with E-state index in [1.807, 2.05) is 25.1 Å². The molecule has 3 rings (SSSR count). The fraction of sp³-hybridized carbons (Fsp3) is 0.571. The third kappa shape index (κ3) is 4.60. The summed E-state index contributed by atoms with van der Waals surface area (Å²) in [5.41, 5.74) is 4.54. The van der Waals surface area contributed by atoms with E-state index in [1.54, 1.807) is 0 Å². The smallest absolute Gasteiger partial charge is 0.338 e. The molecule has 1 aliphatic carbocycles. The van der Waals surface area contributed by atoms with Crippen molar-refractivity contribution < 1.29 is 9.53 Å². The molecule has 1 unspecified atom stereocenters. The first kappa shape index (κ1) is 20.8. The number of fused-ring (bicyclic) bond motifs is 3. The van der Waals surface area contributed by atoms with Crippen molar-refractivity contribution in [3.8, 4) is 0 Å². The Hall–Kier alpha value is -1.52. The Morgan fingerprint density at radius 2 is 1.96 bits per heavy atom. The van der Waals surface area contributed by atoms with E-state index >= 15 is 0 Å². The molecule has 26 heavy (non-hydrogen) atoms. The number of nitrogens with one attached hydrogen (secondary N) is 1. The second kappa shape index (κ2) is 9.43. The first-order chi connectivity index (χ1) is 12.1. The number of ether oxygens (including phenoxy) is 1. The maximum absolute atomic E-state index is 12.5. The number of esters is 1. The van der Waals surface area contributed by atoms with Gasteiger partial charge in [0.15, 0.2) is 0 Å². The van der Waals surface area contributed by atoms with Crippen molar-refractivity contribution >= 4 is 29.3 Å². The molecule has 5 heteroatoms. The van der Waals surface area contributed by atoms with Crippen molar-refractivity contribution in [1.29, 1.82) is 0 Å². The minimum Gasteiger partial charge on any atom is -0.459 e. The lowest BCUT2D eigenvalue weighted by Gasteiger charge is -2.20. The number of benzene rings is 1. The van der Waals surface area contributed by atoms with Gasteiger partial charge in [-0.3, -0.25) is 0 Å². The molecule has 0 fully saturated rings. The number of aromatic nitrogens is 1. The van der Waals surface area contributed by atoms with Crippen LogP contribution in [0.25, 0.3) is 10.9 Å². The van der Waals surface area contributed by atoms with Gasteiger partial charge in [-0.2, -0.15) is 0 Å². The number of aryl methyl sites for hydroxylation is 2. The Morgan fingerprint density at radius 1 is 1.23 bits per heavy atom. The summed E-state index contributed by atoms with van der Waals surface area (Å²) in [6.45, 7) is 9.34. The van der Waals surface area contributed by atoms with Crippen LogP contribution in [0.4, 0.5) is 0 Å². The van der Waals surface area contributed by atoms with Crippen LogP contribution in [0.3, 0.4) is 0 Å². The third-order valence-electron chi connectivity index (χ3n) is 5.39. The van der Waals surface area contributed by atoms with Gasteiger partial charge in [0.2, 0.25) is 0 Å². The average molecular weight is 379 g/mol. The molecule has 0 saturated heterocycles. The molecule has 1 aromatic carbocycles. The molecular weight excluding hydrogens is 348 g/mol. The molecule has 0 radical (unpaired) electrons. The van der Waals surface area contributed by atoms with Crippen molar-refractivity contribution in [1.82, 2.24) is 9.88 Å². The highest BCUT2D eigenvalue weighted by molar-refractivity contribution is 5.96. The van der Waals surface area contributed by atoms with Gasteiger partial charge >= 0.3 is 5.97 Å². The van der Waals surface area contributed by atoms with Crippen LogP contribution >= 0.6 is 12.4 Å². The molecule has 0 bridgehead atoms. The van der Waals surface area contributed by atoms with E-state index in [2.05, 4.69) is 23.7 Å². The Morgan fingerprint density at radius 3 is 2.69 bits per heavy atom. The van der Waals surface area contributed by atoms with Gasteiger partial charge in [-0.15, -0.1) is 12.4 Å². The minimum absolute atomic E-state index is 0. The molecular formula is C21H31ClN2O2. The van der Waals surface area contributed by atoms with Gasteiger partial charge in [0.05, 0.1) is 5.56 Å². The van der Waals surface area contributed by atoms with Crippen molar-refractivity contribution in [2.24, 2.45) is 0 Å². The molecule has 0 spiro atoms. The van der Waals surface area contributed by atoms with Crippen LogP contribution in [-0.2, 0) is 17.6 Å². The number of carbonyl (C=O) groups is 1. The van der Waals surface area contributed by atoms with Crippen molar-refractivity contribution in [2.75, 3.05) is 19.6 Å².